The van der Waals surface area contributed by atoms with Crippen molar-refractivity contribution in [3.8, 4) is 0 Å². The summed E-state index contributed by atoms with van der Waals surface area (Å²) in [5.74, 6) is 0.140. The van der Waals surface area contributed by atoms with Crippen LogP contribution in [0.15, 0.2) is 5.16 Å². The number of halogens is 3. The zero-order valence-corrected chi connectivity index (χ0v) is 10.6. The molecule has 0 amide bonds. The number of hydrogen-bond donors (Lipinski definition) is 1. The average molecular weight is 285 g/mol. The van der Waals surface area contributed by atoms with Gasteiger partial charge < -0.3 is 5.32 Å². The minimum Gasteiger partial charge on any atom is -0.315 e. The van der Waals surface area contributed by atoms with E-state index >= 15 is 0 Å². The zero-order chi connectivity index (χ0) is 13.4. The smallest absolute Gasteiger partial charge is 0.315 e. The number of tetrazole rings is 1. The van der Waals surface area contributed by atoms with E-state index in [1.165, 1.54) is 0 Å². The van der Waals surface area contributed by atoms with Gasteiger partial charge in [0, 0.05) is 12.3 Å². The van der Waals surface area contributed by atoms with Gasteiger partial charge in [0.2, 0.25) is 5.16 Å². The summed E-state index contributed by atoms with van der Waals surface area (Å²) in [7, 11) is 0. The molecule has 0 bridgehead atoms. The third-order valence-electron chi connectivity index (χ3n) is 1.83. The third kappa shape index (κ3) is 6.17. The number of nitrogens with zero attached hydrogens (tertiary/aromatic N) is 4. The molecule has 0 atom stereocenters. The molecule has 0 fully saturated rings. The Balaban J connectivity index is 2.27. The van der Waals surface area contributed by atoms with Crippen LogP contribution in [0.2, 0.25) is 0 Å². The monoisotopic (exact) mass is 285 g/mol. The fourth-order valence-corrected chi connectivity index (χ4v) is 1.81. The van der Waals surface area contributed by atoms with Crippen molar-refractivity contribution >= 4 is 11.8 Å². The molecule has 104 valence electrons. The summed E-state index contributed by atoms with van der Waals surface area (Å²) in [5.41, 5.74) is 0. The van der Waals surface area contributed by atoms with E-state index in [0.29, 0.717) is 18.2 Å². The van der Waals surface area contributed by atoms with Gasteiger partial charge in [-0.3, -0.25) is 4.74 Å². The molecule has 0 saturated heterocycles. The van der Waals surface area contributed by atoms with Gasteiger partial charge in [-0.15, -0.1) is 18.3 Å². The van der Waals surface area contributed by atoms with Gasteiger partial charge in [-0.25, -0.2) is 4.68 Å². The largest absolute Gasteiger partial charge is 0.522 e. The van der Waals surface area contributed by atoms with Crippen molar-refractivity contribution in [1.29, 1.82) is 0 Å². The van der Waals surface area contributed by atoms with Crippen LogP contribution in [0.4, 0.5) is 13.2 Å². The summed E-state index contributed by atoms with van der Waals surface area (Å²) in [6.45, 7) is 3.67. The molecule has 0 saturated carbocycles. The Bertz CT molecular complexity index is 346. The highest BCUT2D eigenvalue weighted by atomic mass is 32.2. The number of ether oxygens (including phenoxy) is 1. The molecule has 0 aliphatic rings. The van der Waals surface area contributed by atoms with E-state index < -0.39 is 13.0 Å². The number of thioether (sulfide) groups is 1. The molecular weight excluding hydrogens is 271 g/mol. The highest BCUT2D eigenvalue weighted by Crippen LogP contribution is 2.18. The maximum atomic E-state index is 11.7. The topological polar surface area (TPSA) is 64.9 Å². The summed E-state index contributed by atoms with van der Waals surface area (Å²) >= 11 is 1.13. The van der Waals surface area contributed by atoms with Crippen LogP contribution in [0.1, 0.15) is 6.92 Å². The Morgan fingerprint density at radius 1 is 1.44 bits per heavy atom. The van der Waals surface area contributed by atoms with Crippen molar-refractivity contribution in [2.24, 2.45) is 0 Å². The van der Waals surface area contributed by atoms with E-state index in [0.717, 1.165) is 18.3 Å². The number of nitrogens with one attached hydrogen (secondary N) is 1. The van der Waals surface area contributed by atoms with Gasteiger partial charge in [0.15, 0.2) is 0 Å². The molecular formula is C8H14F3N5OS. The van der Waals surface area contributed by atoms with E-state index in [1.54, 1.807) is 4.68 Å². The van der Waals surface area contributed by atoms with Crippen molar-refractivity contribution < 1.29 is 17.9 Å². The van der Waals surface area contributed by atoms with E-state index in [2.05, 4.69) is 25.6 Å². The molecule has 6 nitrogen and oxygen atoms in total. The lowest BCUT2D eigenvalue weighted by molar-refractivity contribution is -0.322. The maximum Gasteiger partial charge on any atom is 0.522 e. The van der Waals surface area contributed by atoms with Gasteiger partial charge in [0.05, 0.1) is 13.2 Å². The van der Waals surface area contributed by atoms with Crippen LogP contribution >= 0.6 is 11.8 Å². The van der Waals surface area contributed by atoms with Gasteiger partial charge in [-0.05, 0) is 17.0 Å². The first-order valence-electron chi connectivity index (χ1n) is 5.33. The van der Waals surface area contributed by atoms with E-state index in [4.69, 9.17) is 0 Å². The Labute approximate surface area is 106 Å². The molecule has 0 spiro atoms. The van der Waals surface area contributed by atoms with Crippen LogP contribution in [-0.2, 0) is 11.3 Å². The Morgan fingerprint density at radius 2 is 2.22 bits per heavy atom. The first kappa shape index (κ1) is 15.2. The van der Waals surface area contributed by atoms with Crippen molar-refractivity contribution in [2.45, 2.75) is 25.0 Å². The maximum absolute atomic E-state index is 11.7. The second-order valence-corrected chi connectivity index (χ2v) is 4.24. The fraction of sp³-hybridized carbons (Fsp3) is 0.875. The van der Waals surface area contributed by atoms with Gasteiger partial charge in [0.1, 0.15) is 0 Å². The molecule has 0 unspecified atom stereocenters. The first-order valence-corrected chi connectivity index (χ1v) is 6.32. The van der Waals surface area contributed by atoms with Crippen molar-refractivity contribution in [3.05, 3.63) is 0 Å². The van der Waals surface area contributed by atoms with Gasteiger partial charge in [0.25, 0.3) is 0 Å². The summed E-state index contributed by atoms with van der Waals surface area (Å²) < 4.78 is 40.4. The van der Waals surface area contributed by atoms with Crippen molar-refractivity contribution in [1.82, 2.24) is 25.5 Å². The first-order chi connectivity index (χ1) is 8.53. The number of rotatable bonds is 8. The molecule has 1 rings (SSSR count). The van der Waals surface area contributed by atoms with Crippen molar-refractivity contribution in [3.63, 3.8) is 0 Å². The molecule has 0 radical (unpaired) electrons. The number of likely N-dealkylation sites (N-methyl/N-ethyl adjacent to an activating group) is 1. The second-order valence-electron chi connectivity index (χ2n) is 3.18. The molecule has 0 aliphatic heterocycles. The summed E-state index contributed by atoms with van der Waals surface area (Å²) in [4.78, 5) is 0. The van der Waals surface area contributed by atoms with Gasteiger partial charge in [-0.1, -0.05) is 18.7 Å². The number of hydrogen-bond acceptors (Lipinski definition) is 6. The molecule has 10 heteroatoms. The molecule has 1 heterocycles. The van der Waals surface area contributed by atoms with Crippen LogP contribution in [0.5, 0.6) is 0 Å². The highest BCUT2D eigenvalue weighted by molar-refractivity contribution is 7.99. The Kier molecular flexibility index (Phi) is 6.36. The summed E-state index contributed by atoms with van der Waals surface area (Å²) in [5, 5.41) is 14.5. The molecule has 1 N–H and O–H groups in total. The average Bonchev–Trinajstić information content (AvgIpc) is 2.71. The predicted molar refractivity (Wildman–Crippen MR) is 59.1 cm³/mol. The van der Waals surface area contributed by atoms with Crippen LogP contribution < -0.4 is 5.32 Å². The van der Waals surface area contributed by atoms with Crippen LogP contribution in [0.25, 0.3) is 0 Å². The zero-order valence-electron chi connectivity index (χ0n) is 9.77. The van der Waals surface area contributed by atoms with Crippen LogP contribution in [0, 0.1) is 0 Å². The Morgan fingerprint density at radius 3 is 2.89 bits per heavy atom. The lowest BCUT2D eigenvalue weighted by Gasteiger charge is -2.07. The Hall–Kier alpha value is -0.870. The highest BCUT2D eigenvalue weighted by Gasteiger charge is 2.28. The number of aromatic nitrogens is 4. The van der Waals surface area contributed by atoms with E-state index in [-0.39, 0.29) is 5.75 Å². The predicted octanol–water partition coefficient (Wildman–Crippen LogP) is 0.911. The molecule has 1 aromatic rings. The lowest BCUT2D eigenvalue weighted by Crippen LogP contribution is -2.20. The summed E-state index contributed by atoms with van der Waals surface area (Å²) in [6.07, 6.45) is -4.59. The second kappa shape index (κ2) is 7.54. The standard InChI is InChI=1S/C8H14F3N5OS/c1-2-12-3-4-16-7(13-14-15-16)18-6-5-17-8(9,10)11/h12H,2-6H2,1H3. The minimum absolute atomic E-state index is 0.140. The quantitative estimate of drug-likeness (QED) is 0.566. The van der Waals surface area contributed by atoms with Gasteiger partial charge in [-0.2, -0.15) is 0 Å². The lowest BCUT2D eigenvalue weighted by atomic mass is 10.6. The molecule has 1 aromatic heterocycles. The normalized spacial score (nSPS) is 12.0. The third-order valence-corrected chi connectivity index (χ3v) is 2.75. The SMILES string of the molecule is CCNCCn1nnnc1SCCOC(F)(F)F. The van der Waals surface area contributed by atoms with Crippen LogP contribution in [0.3, 0.4) is 0 Å². The van der Waals surface area contributed by atoms with E-state index in [9.17, 15) is 13.2 Å². The van der Waals surface area contributed by atoms with E-state index in [1.807, 2.05) is 6.92 Å². The fourth-order valence-electron chi connectivity index (χ4n) is 1.09. The summed E-state index contributed by atoms with van der Waals surface area (Å²) in [6, 6.07) is 0. The molecule has 18 heavy (non-hydrogen) atoms. The molecule has 0 aliphatic carbocycles. The minimum atomic E-state index is -4.59. The molecule has 0 aromatic carbocycles. The van der Waals surface area contributed by atoms with Crippen LogP contribution in [-0.4, -0.2) is 52.0 Å². The number of alkyl halides is 3. The van der Waals surface area contributed by atoms with Gasteiger partial charge >= 0.3 is 6.36 Å². The van der Waals surface area contributed by atoms with Crippen molar-refractivity contribution in [2.75, 3.05) is 25.4 Å².